The molecule has 0 unspecified atom stereocenters. The van der Waals surface area contributed by atoms with Crippen LogP contribution < -0.4 is 0 Å². The topological polar surface area (TPSA) is 96.6 Å². The van der Waals surface area contributed by atoms with Crippen molar-refractivity contribution in [3.8, 4) is 5.75 Å². The highest BCUT2D eigenvalue weighted by molar-refractivity contribution is 5.92. The van der Waals surface area contributed by atoms with Gasteiger partial charge in [0.2, 0.25) is 5.91 Å². The quantitative estimate of drug-likeness (QED) is 0.516. The molecule has 2 aromatic rings. The summed E-state index contributed by atoms with van der Waals surface area (Å²) in [5.41, 5.74) is 1.09. The average Bonchev–Trinajstić information content (AvgIpc) is 2.67. The summed E-state index contributed by atoms with van der Waals surface area (Å²) in [4.78, 5) is 28.9. The number of hydrogen-bond acceptors (Lipinski definition) is 5. The maximum absolute atomic E-state index is 12.7. The lowest BCUT2D eigenvalue weighted by Gasteiger charge is -2.35. The van der Waals surface area contributed by atoms with E-state index < -0.39 is 4.92 Å². The highest BCUT2D eigenvalue weighted by Crippen LogP contribution is 2.31. The smallest absolute Gasteiger partial charge is 0.270 e. The standard InChI is InChI=1S/C19H19N3O4/c23-18-8-7-16(22(25)26)12-14(18)6-9-19(24)21-11-2-1-5-17(21)15-4-3-10-20-13-15/h3-4,6-10,12-13,17,23H,1-2,5,11H2/b9-6+/t17-/m1/s1. The Morgan fingerprint density at radius 2 is 2.19 bits per heavy atom. The van der Waals surface area contributed by atoms with Gasteiger partial charge in [-0.1, -0.05) is 6.07 Å². The fraction of sp³-hybridized carbons (Fsp3) is 0.263. The predicted molar refractivity (Wildman–Crippen MR) is 96.3 cm³/mol. The molecular weight excluding hydrogens is 334 g/mol. The molecule has 7 nitrogen and oxygen atoms in total. The molecule has 1 aromatic heterocycles. The summed E-state index contributed by atoms with van der Waals surface area (Å²) in [5, 5.41) is 20.7. The van der Waals surface area contributed by atoms with E-state index in [9.17, 15) is 20.0 Å². The molecule has 1 aliphatic heterocycles. The predicted octanol–water partition coefficient (Wildman–Crippen LogP) is 3.46. The molecule has 1 amide bonds. The molecular formula is C19H19N3O4. The number of non-ortho nitro benzene ring substituents is 1. The first-order valence-corrected chi connectivity index (χ1v) is 8.42. The molecule has 0 bridgehead atoms. The van der Waals surface area contributed by atoms with Crippen molar-refractivity contribution < 1.29 is 14.8 Å². The summed E-state index contributed by atoms with van der Waals surface area (Å²) >= 11 is 0. The molecule has 1 N–H and O–H groups in total. The number of benzene rings is 1. The van der Waals surface area contributed by atoms with Crippen LogP contribution in [0.1, 0.15) is 36.4 Å². The zero-order valence-electron chi connectivity index (χ0n) is 14.1. The molecule has 1 saturated heterocycles. The van der Waals surface area contributed by atoms with Gasteiger partial charge in [-0.2, -0.15) is 0 Å². The summed E-state index contributed by atoms with van der Waals surface area (Å²) in [7, 11) is 0. The second kappa shape index (κ2) is 7.77. The van der Waals surface area contributed by atoms with Crippen molar-refractivity contribution in [1.29, 1.82) is 0 Å². The first-order valence-electron chi connectivity index (χ1n) is 8.42. The molecule has 0 aliphatic carbocycles. The number of carbonyl (C=O) groups is 1. The van der Waals surface area contributed by atoms with Crippen molar-refractivity contribution in [2.45, 2.75) is 25.3 Å². The van der Waals surface area contributed by atoms with Crippen molar-refractivity contribution in [2.24, 2.45) is 0 Å². The van der Waals surface area contributed by atoms with Crippen LogP contribution in [0.4, 0.5) is 5.69 Å². The zero-order valence-corrected chi connectivity index (χ0v) is 14.1. The van der Waals surface area contributed by atoms with Crippen LogP contribution in [0.25, 0.3) is 6.08 Å². The Morgan fingerprint density at radius 3 is 2.92 bits per heavy atom. The van der Waals surface area contributed by atoms with Gasteiger partial charge >= 0.3 is 0 Å². The van der Waals surface area contributed by atoms with E-state index in [2.05, 4.69) is 4.98 Å². The van der Waals surface area contributed by atoms with Gasteiger partial charge in [0.1, 0.15) is 5.75 Å². The number of hydrogen-bond donors (Lipinski definition) is 1. The molecule has 2 heterocycles. The van der Waals surface area contributed by atoms with Gasteiger partial charge in [-0.15, -0.1) is 0 Å². The monoisotopic (exact) mass is 353 g/mol. The number of nitro benzene ring substituents is 1. The maximum atomic E-state index is 12.7. The number of phenols is 1. The Kier molecular flexibility index (Phi) is 5.26. The Hall–Kier alpha value is -3.22. The first kappa shape index (κ1) is 17.6. The van der Waals surface area contributed by atoms with Crippen LogP contribution >= 0.6 is 0 Å². The number of pyridine rings is 1. The Labute approximate surface area is 150 Å². The lowest BCUT2D eigenvalue weighted by Crippen LogP contribution is -2.37. The number of carbonyl (C=O) groups excluding carboxylic acids is 1. The summed E-state index contributed by atoms with van der Waals surface area (Å²) in [5.74, 6) is -0.299. The van der Waals surface area contributed by atoms with Gasteiger partial charge in [0.25, 0.3) is 5.69 Å². The summed E-state index contributed by atoms with van der Waals surface area (Å²) < 4.78 is 0. The van der Waals surface area contributed by atoms with Crippen LogP contribution in [0, 0.1) is 10.1 Å². The van der Waals surface area contributed by atoms with Crippen LogP contribution in [0.15, 0.2) is 48.8 Å². The number of amides is 1. The van der Waals surface area contributed by atoms with Gasteiger partial charge in [0.15, 0.2) is 0 Å². The first-order chi connectivity index (χ1) is 12.6. The van der Waals surface area contributed by atoms with Crippen molar-refractivity contribution in [3.05, 3.63) is 70.0 Å². The SMILES string of the molecule is O=C(/C=C/c1cc([N+](=O)[O-])ccc1O)N1CCCC[C@@H]1c1cccnc1. The molecule has 0 radical (unpaired) electrons. The van der Waals surface area contributed by atoms with Crippen LogP contribution in [-0.2, 0) is 4.79 Å². The van der Waals surface area contributed by atoms with Gasteiger partial charge in [-0.25, -0.2) is 0 Å². The van der Waals surface area contributed by atoms with Gasteiger partial charge in [-0.3, -0.25) is 19.9 Å². The van der Waals surface area contributed by atoms with Crippen molar-refractivity contribution in [2.75, 3.05) is 6.54 Å². The largest absolute Gasteiger partial charge is 0.507 e. The summed E-state index contributed by atoms with van der Waals surface area (Å²) in [6.07, 6.45) is 9.08. The highest BCUT2D eigenvalue weighted by Gasteiger charge is 2.26. The molecule has 1 fully saturated rings. The number of likely N-dealkylation sites (tertiary alicyclic amines) is 1. The molecule has 7 heteroatoms. The Bertz CT molecular complexity index is 836. The Morgan fingerprint density at radius 1 is 1.35 bits per heavy atom. The number of rotatable bonds is 4. The van der Waals surface area contributed by atoms with E-state index in [4.69, 9.17) is 0 Å². The number of aromatic nitrogens is 1. The van der Waals surface area contributed by atoms with E-state index in [1.807, 2.05) is 12.1 Å². The van der Waals surface area contributed by atoms with Crippen molar-refractivity contribution >= 4 is 17.7 Å². The van der Waals surface area contributed by atoms with E-state index in [0.29, 0.717) is 6.54 Å². The minimum absolute atomic E-state index is 0.0340. The maximum Gasteiger partial charge on any atom is 0.270 e. The van der Waals surface area contributed by atoms with Gasteiger partial charge in [0.05, 0.1) is 11.0 Å². The third-order valence-corrected chi connectivity index (χ3v) is 4.48. The minimum Gasteiger partial charge on any atom is -0.507 e. The van der Waals surface area contributed by atoms with E-state index in [1.165, 1.54) is 30.4 Å². The molecule has 134 valence electrons. The van der Waals surface area contributed by atoms with E-state index in [1.54, 1.807) is 17.3 Å². The Balaban J connectivity index is 1.81. The van der Waals surface area contributed by atoms with Crippen molar-refractivity contribution in [1.82, 2.24) is 9.88 Å². The molecule has 1 aromatic carbocycles. The van der Waals surface area contributed by atoms with Crippen LogP contribution in [-0.4, -0.2) is 32.4 Å². The van der Waals surface area contributed by atoms with Crippen LogP contribution in [0.2, 0.25) is 0 Å². The second-order valence-corrected chi connectivity index (χ2v) is 6.16. The summed E-state index contributed by atoms with van der Waals surface area (Å²) in [6, 6.07) is 7.49. The van der Waals surface area contributed by atoms with E-state index in [0.717, 1.165) is 24.8 Å². The minimum atomic E-state index is -0.540. The van der Waals surface area contributed by atoms with Gasteiger partial charge in [-0.05, 0) is 43.0 Å². The lowest BCUT2D eigenvalue weighted by molar-refractivity contribution is -0.384. The lowest BCUT2D eigenvalue weighted by atomic mass is 9.96. The fourth-order valence-electron chi connectivity index (χ4n) is 3.16. The number of aromatic hydroxyl groups is 1. The normalized spacial score (nSPS) is 17.4. The van der Waals surface area contributed by atoms with E-state index >= 15 is 0 Å². The number of piperidine rings is 1. The number of nitro groups is 1. The number of phenolic OH excluding ortho intramolecular Hbond substituents is 1. The van der Waals surface area contributed by atoms with Gasteiger partial charge in [0, 0.05) is 42.7 Å². The second-order valence-electron chi connectivity index (χ2n) is 6.16. The van der Waals surface area contributed by atoms with Crippen LogP contribution in [0.3, 0.4) is 0 Å². The molecule has 0 spiro atoms. The highest BCUT2D eigenvalue weighted by atomic mass is 16.6. The third-order valence-electron chi connectivity index (χ3n) is 4.48. The average molecular weight is 353 g/mol. The molecule has 1 aliphatic rings. The fourth-order valence-corrected chi connectivity index (χ4v) is 3.16. The third kappa shape index (κ3) is 3.88. The molecule has 26 heavy (non-hydrogen) atoms. The van der Waals surface area contributed by atoms with Crippen molar-refractivity contribution in [3.63, 3.8) is 0 Å². The zero-order chi connectivity index (χ0) is 18.5. The van der Waals surface area contributed by atoms with E-state index in [-0.39, 0.29) is 28.9 Å². The summed E-state index contributed by atoms with van der Waals surface area (Å²) in [6.45, 7) is 0.643. The van der Waals surface area contributed by atoms with Crippen LogP contribution in [0.5, 0.6) is 5.75 Å². The number of nitrogens with zero attached hydrogens (tertiary/aromatic N) is 3. The molecule has 3 rings (SSSR count). The molecule has 1 atom stereocenters. The molecule has 0 saturated carbocycles. The van der Waals surface area contributed by atoms with Gasteiger partial charge < -0.3 is 10.0 Å².